The van der Waals surface area contributed by atoms with Crippen LogP contribution >= 0.6 is 0 Å². The van der Waals surface area contributed by atoms with Crippen LogP contribution in [0.25, 0.3) is 0 Å². The van der Waals surface area contributed by atoms with Crippen molar-refractivity contribution in [2.75, 3.05) is 13.2 Å². The zero-order chi connectivity index (χ0) is 14.2. The lowest BCUT2D eigenvalue weighted by molar-refractivity contribution is -0.385. The Hall–Kier alpha value is -2.34. The lowest BCUT2D eigenvalue weighted by atomic mass is 10.3. The second-order valence-electron chi connectivity index (χ2n) is 4.18. The van der Waals surface area contributed by atoms with Crippen LogP contribution in [0.5, 0.6) is 5.75 Å². The van der Waals surface area contributed by atoms with Crippen LogP contribution in [0.3, 0.4) is 0 Å². The summed E-state index contributed by atoms with van der Waals surface area (Å²) in [4.78, 5) is 10.4. The molecule has 0 spiro atoms. The van der Waals surface area contributed by atoms with E-state index in [1.807, 2.05) is 12.1 Å². The first-order chi connectivity index (χ1) is 9.77. The van der Waals surface area contributed by atoms with Gasteiger partial charge >= 0.3 is 5.69 Å². The highest BCUT2D eigenvalue weighted by Gasteiger charge is 2.12. The Labute approximate surface area is 116 Å². The summed E-state index contributed by atoms with van der Waals surface area (Å²) in [6.07, 6.45) is 2.39. The monoisotopic (exact) mass is 276 g/mol. The lowest BCUT2D eigenvalue weighted by Gasteiger charge is -2.07. The minimum atomic E-state index is -0.440. The molecular weight excluding hydrogens is 260 g/mol. The maximum absolute atomic E-state index is 10.8. The first kappa shape index (κ1) is 14.1. The molecule has 1 aromatic heterocycles. The fourth-order valence-electron chi connectivity index (χ4n) is 1.73. The summed E-state index contributed by atoms with van der Waals surface area (Å²) in [5, 5.41) is 14.0. The van der Waals surface area contributed by atoms with Gasteiger partial charge in [0, 0.05) is 6.07 Å². The number of para-hydroxylation sites is 2. The number of furan rings is 1. The molecule has 0 radical (unpaired) electrons. The zero-order valence-electron chi connectivity index (χ0n) is 11.0. The van der Waals surface area contributed by atoms with E-state index in [2.05, 4.69) is 5.32 Å². The molecule has 0 aliphatic heterocycles. The molecule has 0 fully saturated rings. The van der Waals surface area contributed by atoms with E-state index in [9.17, 15) is 10.1 Å². The van der Waals surface area contributed by atoms with E-state index in [4.69, 9.17) is 9.15 Å². The molecule has 0 saturated heterocycles. The number of ether oxygens (including phenoxy) is 1. The van der Waals surface area contributed by atoms with Gasteiger partial charge in [-0.1, -0.05) is 12.1 Å². The highest BCUT2D eigenvalue weighted by Crippen LogP contribution is 2.25. The molecule has 1 heterocycles. The first-order valence-corrected chi connectivity index (χ1v) is 6.36. The molecule has 0 amide bonds. The van der Waals surface area contributed by atoms with Crippen molar-refractivity contribution in [3.63, 3.8) is 0 Å². The normalized spacial score (nSPS) is 10.4. The molecule has 1 aromatic carbocycles. The van der Waals surface area contributed by atoms with E-state index >= 15 is 0 Å². The summed E-state index contributed by atoms with van der Waals surface area (Å²) < 4.78 is 10.6. The van der Waals surface area contributed by atoms with Gasteiger partial charge in [-0.15, -0.1) is 0 Å². The molecule has 106 valence electrons. The van der Waals surface area contributed by atoms with Gasteiger partial charge in [0.2, 0.25) is 0 Å². The molecule has 0 unspecified atom stereocenters. The van der Waals surface area contributed by atoms with Gasteiger partial charge in [0.1, 0.15) is 5.76 Å². The Morgan fingerprint density at radius 2 is 2.10 bits per heavy atom. The standard InChI is InChI=1S/C14H16N2O4/c17-16(18)13-6-1-2-7-14(13)20-10-4-8-15-11-12-5-3-9-19-12/h1-3,5-7,9,15H,4,8,10-11H2. The molecule has 0 atom stereocenters. The summed E-state index contributed by atoms with van der Waals surface area (Å²) in [7, 11) is 0. The van der Waals surface area contributed by atoms with Gasteiger partial charge in [-0.2, -0.15) is 0 Å². The second-order valence-corrected chi connectivity index (χ2v) is 4.18. The Morgan fingerprint density at radius 3 is 2.85 bits per heavy atom. The summed E-state index contributed by atoms with van der Waals surface area (Å²) in [5.41, 5.74) is -0.00366. The molecule has 6 nitrogen and oxygen atoms in total. The summed E-state index contributed by atoms with van der Waals surface area (Å²) in [6.45, 7) is 1.84. The van der Waals surface area contributed by atoms with Crippen LogP contribution in [0.2, 0.25) is 0 Å². The molecule has 0 aliphatic rings. The van der Waals surface area contributed by atoms with Crippen molar-refractivity contribution in [1.82, 2.24) is 5.32 Å². The quantitative estimate of drug-likeness (QED) is 0.455. The average Bonchev–Trinajstić information content (AvgIpc) is 2.96. The first-order valence-electron chi connectivity index (χ1n) is 6.36. The van der Waals surface area contributed by atoms with E-state index in [1.165, 1.54) is 6.07 Å². The number of nitro benzene ring substituents is 1. The van der Waals surface area contributed by atoms with Gasteiger partial charge in [-0.05, 0) is 31.2 Å². The molecule has 2 rings (SSSR count). The predicted octanol–water partition coefficient (Wildman–Crippen LogP) is 2.75. The van der Waals surface area contributed by atoms with Gasteiger partial charge in [0.25, 0.3) is 0 Å². The Balaban J connectivity index is 1.67. The van der Waals surface area contributed by atoms with Crippen molar-refractivity contribution in [3.05, 3.63) is 58.5 Å². The molecule has 1 N–H and O–H groups in total. The van der Waals surface area contributed by atoms with Crippen LogP contribution < -0.4 is 10.1 Å². The highest BCUT2D eigenvalue weighted by atomic mass is 16.6. The number of benzene rings is 1. The molecule has 0 aliphatic carbocycles. The molecule has 6 heteroatoms. The van der Waals surface area contributed by atoms with Crippen molar-refractivity contribution < 1.29 is 14.1 Å². The fraction of sp³-hybridized carbons (Fsp3) is 0.286. The van der Waals surface area contributed by atoms with Crippen LogP contribution in [0, 0.1) is 10.1 Å². The van der Waals surface area contributed by atoms with E-state index in [0.29, 0.717) is 18.9 Å². The Kier molecular flexibility index (Phi) is 5.14. The highest BCUT2D eigenvalue weighted by molar-refractivity contribution is 5.45. The number of hydrogen-bond donors (Lipinski definition) is 1. The molecule has 0 bridgehead atoms. The fourth-order valence-corrected chi connectivity index (χ4v) is 1.73. The van der Waals surface area contributed by atoms with Gasteiger partial charge in [0.05, 0.1) is 24.3 Å². The van der Waals surface area contributed by atoms with E-state index in [0.717, 1.165) is 18.7 Å². The molecular formula is C14H16N2O4. The zero-order valence-corrected chi connectivity index (χ0v) is 11.0. The van der Waals surface area contributed by atoms with Crippen LogP contribution in [0.1, 0.15) is 12.2 Å². The third kappa shape index (κ3) is 4.10. The third-order valence-electron chi connectivity index (χ3n) is 2.70. The minimum Gasteiger partial charge on any atom is -0.487 e. The van der Waals surface area contributed by atoms with Gasteiger partial charge < -0.3 is 14.5 Å². The molecule has 2 aromatic rings. The summed E-state index contributed by atoms with van der Waals surface area (Å²) >= 11 is 0. The lowest BCUT2D eigenvalue weighted by Crippen LogP contribution is -2.16. The van der Waals surface area contributed by atoms with Gasteiger partial charge in [-0.25, -0.2) is 0 Å². The Bertz CT molecular complexity index is 540. The van der Waals surface area contributed by atoms with Crippen LogP contribution in [-0.2, 0) is 6.54 Å². The van der Waals surface area contributed by atoms with E-state index in [1.54, 1.807) is 24.5 Å². The topological polar surface area (TPSA) is 77.5 Å². The SMILES string of the molecule is O=[N+]([O-])c1ccccc1OCCCNCc1ccco1. The number of nitrogens with one attached hydrogen (secondary N) is 1. The van der Waals surface area contributed by atoms with Crippen LogP contribution in [0.15, 0.2) is 47.1 Å². The van der Waals surface area contributed by atoms with Crippen molar-refractivity contribution in [1.29, 1.82) is 0 Å². The molecule has 0 saturated carbocycles. The summed E-state index contributed by atoms with van der Waals surface area (Å²) in [6, 6.07) is 10.1. The number of hydrogen-bond acceptors (Lipinski definition) is 5. The number of rotatable bonds is 8. The molecule has 20 heavy (non-hydrogen) atoms. The number of nitro groups is 1. The predicted molar refractivity (Wildman–Crippen MR) is 73.6 cm³/mol. The van der Waals surface area contributed by atoms with Crippen molar-refractivity contribution in [2.24, 2.45) is 0 Å². The van der Waals surface area contributed by atoms with Crippen LogP contribution in [-0.4, -0.2) is 18.1 Å². The Morgan fingerprint density at radius 1 is 1.25 bits per heavy atom. The smallest absolute Gasteiger partial charge is 0.310 e. The largest absolute Gasteiger partial charge is 0.487 e. The number of nitrogens with zero attached hydrogens (tertiary/aromatic N) is 1. The maximum atomic E-state index is 10.8. The van der Waals surface area contributed by atoms with E-state index in [-0.39, 0.29) is 5.69 Å². The van der Waals surface area contributed by atoms with Gasteiger partial charge in [0.15, 0.2) is 5.75 Å². The second kappa shape index (κ2) is 7.30. The maximum Gasteiger partial charge on any atom is 0.310 e. The van der Waals surface area contributed by atoms with Crippen LogP contribution in [0.4, 0.5) is 5.69 Å². The van der Waals surface area contributed by atoms with Crippen molar-refractivity contribution in [2.45, 2.75) is 13.0 Å². The van der Waals surface area contributed by atoms with Crippen molar-refractivity contribution in [3.8, 4) is 5.75 Å². The minimum absolute atomic E-state index is 0.00366. The average molecular weight is 276 g/mol. The van der Waals surface area contributed by atoms with Crippen molar-refractivity contribution >= 4 is 5.69 Å². The summed E-state index contributed by atoms with van der Waals surface area (Å²) in [5.74, 6) is 1.19. The third-order valence-corrected chi connectivity index (χ3v) is 2.70. The van der Waals surface area contributed by atoms with E-state index < -0.39 is 4.92 Å². The van der Waals surface area contributed by atoms with Gasteiger partial charge in [-0.3, -0.25) is 10.1 Å².